The number of hydrogen-bond acceptors (Lipinski definition) is 8. The smallest absolute Gasteiger partial charge is 0.318 e. The molecule has 11 nitrogen and oxygen atoms in total. The monoisotopic (exact) mass is 306 g/mol. The molecule has 2 aromatic rings. The number of rotatable bonds is 4. The molecule has 0 atom stereocenters. The Hall–Kier alpha value is -3.50. The van der Waals surface area contributed by atoms with E-state index in [1.807, 2.05) is 0 Å². The third-order valence-electron chi connectivity index (χ3n) is 2.67. The molecule has 0 unspecified atom stereocenters. The molecule has 0 saturated heterocycles. The first-order valence-corrected chi connectivity index (χ1v) is 5.81. The molecule has 0 aliphatic heterocycles. The fraction of sp³-hybridized carbons (Fsp3) is 0.0909. The maximum Gasteiger partial charge on any atom is 0.318 e. The zero-order valence-electron chi connectivity index (χ0n) is 11.2. The second kappa shape index (κ2) is 5.47. The molecule has 0 fully saturated rings. The number of non-ortho nitro benzene ring substituents is 1. The lowest BCUT2D eigenvalue weighted by molar-refractivity contribution is -0.394. The van der Waals surface area contributed by atoms with Gasteiger partial charge >= 0.3 is 5.69 Å². The van der Waals surface area contributed by atoms with Gasteiger partial charge in [-0.3, -0.25) is 20.2 Å². The van der Waals surface area contributed by atoms with Gasteiger partial charge in [-0.25, -0.2) is 9.66 Å². The van der Waals surface area contributed by atoms with Crippen molar-refractivity contribution in [2.75, 3.05) is 5.73 Å². The Kier molecular flexibility index (Phi) is 3.71. The maximum atomic E-state index is 10.8. The van der Waals surface area contributed by atoms with Crippen molar-refractivity contribution < 1.29 is 15.0 Å². The van der Waals surface area contributed by atoms with Crippen molar-refractivity contribution in [3.63, 3.8) is 0 Å². The first-order chi connectivity index (χ1) is 10.3. The summed E-state index contributed by atoms with van der Waals surface area (Å²) in [6, 6.07) is 1.63. The Bertz CT molecular complexity index is 797. The van der Waals surface area contributed by atoms with Crippen molar-refractivity contribution in [2.24, 2.45) is 5.10 Å². The lowest BCUT2D eigenvalue weighted by Crippen LogP contribution is -1.99. The fourth-order valence-electron chi connectivity index (χ4n) is 1.69. The summed E-state index contributed by atoms with van der Waals surface area (Å²) < 4.78 is 1.17. The highest BCUT2D eigenvalue weighted by molar-refractivity contribution is 5.87. The van der Waals surface area contributed by atoms with E-state index in [2.05, 4.69) is 10.1 Å². The maximum absolute atomic E-state index is 10.8. The van der Waals surface area contributed by atoms with Crippen LogP contribution < -0.4 is 5.73 Å². The quantitative estimate of drug-likeness (QED) is 0.486. The molecule has 3 N–H and O–H groups in total. The first kappa shape index (κ1) is 14.9. The van der Waals surface area contributed by atoms with E-state index in [9.17, 15) is 25.3 Å². The van der Waals surface area contributed by atoms with Gasteiger partial charge in [0.05, 0.1) is 39.6 Å². The van der Waals surface area contributed by atoms with Gasteiger partial charge in [0, 0.05) is 6.07 Å². The molecule has 11 heteroatoms. The van der Waals surface area contributed by atoms with Crippen LogP contribution in [0, 0.1) is 27.2 Å². The highest BCUT2D eigenvalue weighted by Gasteiger charge is 2.23. The third-order valence-corrected chi connectivity index (χ3v) is 2.67. The number of imidazole rings is 1. The Labute approximate surface area is 122 Å². The standard InChI is InChI=1S/C11H10N6O5/c1-6-5-15(11(12)14-6)13-4-7-2-8(16(19)20)3-9(10(7)18)17(21)22/h2-5,18H,1H3,(H2,12,14). The predicted molar refractivity (Wildman–Crippen MR) is 75.8 cm³/mol. The van der Waals surface area contributed by atoms with Gasteiger partial charge in [0.1, 0.15) is 0 Å². The van der Waals surface area contributed by atoms with Crippen molar-refractivity contribution >= 4 is 23.5 Å². The van der Waals surface area contributed by atoms with E-state index in [-0.39, 0.29) is 11.5 Å². The average molecular weight is 306 g/mol. The van der Waals surface area contributed by atoms with Crippen LogP contribution in [0.1, 0.15) is 11.3 Å². The molecule has 1 aromatic carbocycles. The number of nitrogens with zero attached hydrogens (tertiary/aromatic N) is 5. The van der Waals surface area contributed by atoms with Crippen LogP contribution in [0.5, 0.6) is 5.75 Å². The summed E-state index contributed by atoms with van der Waals surface area (Å²) in [5.41, 5.74) is 4.63. The van der Waals surface area contributed by atoms with E-state index < -0.39 is 27.0 Å². The number of phenols is 1. The minimum absolute atomic E-state index is 0.0631. The minimum atomic E-state index is -0.921. The van der Waals surface area contributed by atoms with Crippen LogP contribution in [0.3, 0.4) is 0 Å². The second-order valence-corrected chi connectivity index (χ2v) is 4.25. The SMILES string of the molecule is Cc1cn(N=Cc2cc([N+](=O)[O-])cc([N+](=O)[O-])c2O)c(N)n1. The van der Waals surface area contributed by atoms with E-state index in [1.54, 1.807) is 6.92 Å². The highest BCUT2D eigenvalue weighted by Crippen LogP contribution is 2.33. The van der Waals surface area contributed by atoms with Crippen molar-refractivity contribution in [1.29, 1.82) is 0 Å². The van der Waals surface area contributed by atoms with Gasteiger partial charge in [-0.1, -0.05) is 0 Å². The third kappa shape index (κ3) is 2.82. The van der Waals surface area contributed by atoms with E-state index >= 15 is 0 Å². The second-order valence-electron chi connectivity index (χ2n) is 4.25. The van der Waals surface area contributed by atoms with Gasteiger partial charge < -0.3 is 10.8 Å². The van der Waals surface area contributed by atoms with Crippen LogP contribution in [-0.2, 0) is 0 Å². The summed E-state index contributed by atoms with van der Waals surface area (Å²) >= 11 is 0. The van der Waals surface area contributed by atoms with Crippen LogP contribution in [0.4, 0.5) is 17.3 Å². The molecule has 0 radical (unpaired) electrons. The Morgan fingerprint density at radius 3 is 2.55 bits per heavy atom. The zero-order valence-corrected chi connectivity index (χ0v) is 11.2. The number of hydrogen-bond donors (Lipinski definition) is 2. The lowest BCUT2D eigenvalue weighted by atomic mass is 10.1. The molecular formula is C11H10N6O5. The molecule has 0 aliphatic rings. The number of nitro groups is 2. The van der Waals surface area contributed by atoms with E-state index in [0.717, 1.165) is 12.3 Å². The van der Waals surface area contributed by atoms with Crippen molar-refractivity contribution in [1.82, 2.24) is 9.66 Å². The van der Waals surface area contributed by atoms with Gasteiger partial charge in [-0.15, -0.1) is 0 Å². The Morgan fingerprint density at radius 1 is 1.36 bits per heavy atom. The molecule has 0 aliphatic carbocycles. The van der Waals surface area contributed by atoms with Crippen LogP contribution in [0.15, 0.2) is 23.4 Å². The number of aromatic hydroxyl groups is 1. The molecule has 114 valence electrons. The molecule has 0 saturated carbocycles. The van der Waals surface area contributed by atoms with E-state index in [0.29, 0.717) is 11.8 Å². The number of aromatic nitrogens is 2. The highest BCUT2D eigenvalue weighted by atomic mass is 16.6. The van der Waals surface area contributed by atoms with Crippen LogP contribution >= 0.6 is 0 Å². The number of benzene rings is 1. The van der Waals surface area contributed by atoms with Gasteiger partial charge in [0.2, 0.25) is 11.7 Å². The molecule has 1 aromatic heterocycles. The summed E-state index contributed by atoms with van der Waals surface area (Å²) in [5, 5.41) is 35.3. The van der Waals surface area contributed by atoms with Crippen LogP contribution in [0.2, 0.25) is 0 Å². The zero-order chi connectivity index (χ0) is 16.4. The minimum Gasteiger partial charge on any atom is -0.502 e. The van der Waals surface area contributed by atoms with Crippen molar-refractivity contribution in [3.05, 3.63) is 49.8 Å². The first-order valence-electron chi connectivity index (χ1n) is 5.81. The lowest BCUT2D eigenvalue weighted by Gasteiger charge is -2.01. The topological polar surface area (TPSA) is 163 Å². The predicted octanol–water partition coefficient (Wildman–Crippen LogP) is 1.18. The molecule has 0 bridgehead atoms. The summed E-state index contributed by atoms with van der Waals surface area (Å²) in [5.74, 6) is -0.664. The Balaban J connectivity index is 2.52. The molecular weight excluding hydrogens is 296 g/mol. The number of phenolic OH excluding ortho intramolecular Hbond substituents is 1. The number of aryl methyl sites for hydroxylation is 1. The Morgan fingerprint density at radius 2 is 2.05 bits per heavy atom. The van der Waals surface area contributed by atoms with Gasteiger partial charge in [-0.05, 0) is 6.92 Å². The molecule has 2 rings (SSSR count). The number of anilines is 1. The molecule has 22 heavy (non-hydrogen) atoms. The molecule has 0 amide bonds. The number of nitro benzene ring substituents is 2. The summed E-state index contributed by atoms with van der Waals surface area (Å²) in [7, 11) is 0. The van der Waals surface area contributed by atoms with E-state index in [4.69, 9.17) is 5.73 Å². The number of nitrogen functional groups attached to an aromatic ring is 1. The van der Waals surface area contributed by atoms with Gasteiger partial charge in [0.15, 0.2) is 0 Å². The van der Waals surface area contributed by atoms with Gasteiger partial charge in [0.25, 0.3) is 5.69 Å². The molecule has 1 heterocycles. The van der Waals surface area contributed by atoms with Crippen molar-refractivity contribution in [3.8, 4) is 5.75 Å². The summed E-state index contributed by atoms with van der Waals surface area (Å²) in [6.45, 7) is 1.68. The van der Waals surface area contributed by atoms with E-state index in [1.165, 1.54) is 10.9 Å². The largest absolute Gasteiger partial charge is 0.502 e. The van der Waals surface area contributed by atoms with Crippen LogP contribution in [0.25, 0.3) is 0 Å². The summed E-state index contributed by atoms with van der Waals surface area (Å²) in [6.07, 6.45) is 2.50. The van der Waals surface area contributed by atoms with Gasteiger partial charge in [-0.2, -0.15) is 5.10 Å². The normalized spacial score (nSPS) is 11.0. The fourth-order valence-corrected chi connectivity index (χ4v) is 1.69. The number of nitrogens with two attached hydrogens (primary N) is 1. The van der Waals surface area contributed by atoms with Crippen molar-refractivity contribution in [2.45, 2.75) is 6.92 Å². The summed E-state index contributed by atoms with van der Waals surface area (Å²) in [4.78, 5) is 23.8. The van der Waals surface area contributed by atoms with Crippen LogP contribution in [-0.4, -0.2) is 30.8 Å². The average Bonchev–Trinajstić information content (AvgIpc) is 2.75. The molecule has 0 spiro atoms.